The Balaban J connectivity index is 3.56. The van der Waals surface area contributed by atoms with E-state index in [9.17, 15) is 9.59 Å². The SMILES string of the molecule is COC1(OC)C(Br)=CC(CC#N)(OC(C)=O)C(OC(C)=O)C1Br. The second-order valence-electron chi connectivity index (χ2n) is 4.88. The molecule has 1 rings (SSSR count). The minimum Gasteiger partial charge on any atom is -0.456 e. The highest BCUT2D eigenvalue weighted by atomic mass is 79.9. The zero-order valence-electron chi connectivity index (χ0n) is 13.1. The van der Waals surface area contributed by atoms with E-state index >= 15 is 0 Å². The lowest BCUT2D eigenvalue weighted by atomic mass is 9.82. The van der Waals surface area contributed by atoms with Gasteiger partial charge in [-0.25, -0.2) is 0 Å². The van der Waals surface area contributed by atoms with Crippen LogP contribution in [0.25, 0.3) is 0 Å². The van der Waals surface area contributed by atoms with Gasteiger partial charge in [-0.2, -0.15) is 5.26 Å². The van der Waals surface area contributed by atoms with Crippen molar-refractivity contribution in [3.05, 3.63) is 10.6 Å². The standard InChI is InChI=1S/C14H17Br2NO6/c1-8(18)22-12-11(16)14(20-3,21-4)10(15)7-13(12,5-6-17)23-9(2)19/h7,11-12H,5H2,1-4H3. The molecule has 7 nitrogen and oxygen atoms in total. The van der Waals surface area contributed by atoms with Crippen molar-refractivity contribution in [1.82, 2.24) is 0 Å². The molecule has 0 aromatic rings. The highest BCUT2D eigenvalue weighted by Crippen LogP contribution is 2.47. The van der Waals surface area contributed by atoms with Gasteiger partial charge < -0.3 is 18.9 Å². The van der Waals surface area contributed by atoms with Crippen LogP contribution in [-0.4, -0.2) is 48.5 Å². The van der Waals surface area contributed by atoms with E-state index in [1.165, 1.54) is 34.1 Å². The Hall–Kier alpha value is -0.950. The number of esters is 2. The quantitative estimate of drug-likeness (QED) is 0.357. The smallest absolute Gasteiger partial charge is 0.303 e. The normalized spacial score (nSPS) is 29.2. The fourth-order valence-electron chi connectivity index (χ4n) is 2.48. The van der Waals surface area contributed by atoms with E-state index in [4.69, 9.17) is 24.2 Å². The van der Waals surface area contributed by atoms with Crippen molar-refractivity contribution < 1.29 is 28.5 Å². The Morgan fingerprint density at radius 2 is 1.87 bits per heavy atom. The predicted octanol–water partition coefficient (Wildman–Crippen LogP) is 2.18. The van der Waals surface area contributed by atoms with E-state index in [0.717, 1.165) is 0 Å². The predicted molar refractivity (Wildman–Crippen MR) is 86.8 cm³/mol. The van der Waals surface area contributed by atoms with Gasteiger partial charge in [0.25, 0.3) is 0 Å². The van der Waals surface area contributed by atoms with Gasteiger partial charge in [-0.3, -0.25) is 9.59 Å². The summed E-state index contributed by atoms with van der Waals surface area (Å²) < 4.78 is 22.0. The number of carbonyl (C=O) groups is 2. The lowest BCUT2D eigenvalue weighted by Gasteiger charge is -2.48. The summed E-state index contributed by atoms with van der Waals surface area (Å²) in [5, 5.41) is 9.16. The summed E-state index contributed by atoms with van der Waals surface area (Å²) in [5.74, 6) is -2.52. The molecule has 0 fully saturated rings. The summed E-state index contributed by atoms with van der Waals surface area (Å²) in [6.07, 6.45) is 0.214. The van der Waals surface area contributed by atoms with E-state index in [-0.39, 0.29) is 6.42 Å². The van der Waals surface area contributed by atoms with Crippen molar-refractivity contribution in [1.29, 1.82) is 5.26 Å². The lowest BCUT2D eigenvalue weighted by molar-refractivity contribution is -0.218. The molecule has 0 saturated heterocycles. The molecule has 0 aromatic carbocycles. The van der Waals surface area contributed by atoms with Gasteiger partial charge in [0, 0.05) is 28.1 Å². The van der Waals surface area contributed by atoms with Crippen LogP contribution in [0.15, 0.2) is 10.6 Å². The molecule has 9 heteroatoms. The number of carbonyl (C=O) groups excluding carboxylic acids is 2. The zero-order chi connectivity index (χ0) is 17.8. The molecule has 3 atom stereocenters. The number of nitriles is 1. The van der Waals surface area contributed by atoms with Crippen LogP contribution in [0.1, 0.15) is 20.3 Å². The number of hydrogen-bond acceptors (Lipinski definition) is 7. The van der Waals surface area contributed by atoms with Gasteiger partial charge in [0.15, 0.2) is 11.7 Å². The first-order chi connectivity index (χ1) is 10.7. The fourth-order valence-corrected chi connectivity index (χ4v) is 4.92. The molecule has 0 amide bonds. The molecule has 1 aliphatic rings. The van der Waals surface area contributed by atoms with Crippen LogP contribution in [0.5, 0.6) is 0 Å². The van der Waals surface area contributed by atoms with Gasteiger partial charge in [-0.05, 0) is 22.0 Å². The first-order valence-electron chi connectivity index (χ1n) is 6.56. The molecule has 0 N–H and O–H groups in total. The van der Waals surface area contributed by atoms with Crippen LogP contribution < -0.4 is 0 Å². The molecule has 3 unspecified atom stereocenters. The molecular weight excluding hydrogens is 438 g/mol. The number of ether oxygens (including phenoxy) is 4. The lowest BCUT2D eigenvalue weighted by Crippen LogP contribution is -2.63. The van der Waals surface area contributed by atoms with Crippen LogP contribution in [0.4, 0.5) is 0 Å². The van der Waals surface area contributed by atoms with Crippen molar-refractivity contribution in [3.8, 4) is 6.07 Å². The third-order valence-electron chi connectivity index (χ3n) is 3.40. The topological polar surface area (TPSA) is 94.9 Å². The molecule has 1 aliphatic carbocycles. The van der Waals surface area contributed by atoms with Gasteiger partial charge in [0.2, 0.25) is 5.79 Å². The van der Waals surface area contributed by atoms with Crippen molar-refractivity contribution >= 4 is 43.8 Å². The molecular formula is C14H17Br2NO6. The molecule has 0 aromatic heterocycles. The summed E-state index contributed by atoms with van der Waals surface area (Å²) in [4.78, 5) is 22.3. The van der Waals surface area contributed by atoms with E-state index in [1.54, 1.807) is 0 Å². The number of hydrogen-bond donors (Lipinski definition) is 0. The van der Waals surface area contributed by atoms with Crippen molar-refractivity contribution in [2.24, 2.45) is 0 Å². The average Bonchev–Trinajstić information content (AvgIpc) is 2.44. The molecule has 0 radical (unpaired) electrons. The highest BCUT2D eigenvalue weighted by Gasteiger charge is 2.60. The Morgan fingerprint density at radius 3 is 2.26 bits per heavy atom. The third kappa shape index (κ3) is 3.76. The molecule has 0 saturated carbocycles. The zero-order valence-corrected chi connectivity index (χ0v) is 16.3. The Kier molecular flexibility index (Phi) is 6.77. The number of halogens is 2. The summed E-state index contributed by atoms with van der Waals surface area (Å²) in [7, 11) is 2.83. The van der Waals surface area contributed by atoms with E-state index in [2.05, 4.69) is 31.9 Å². The van der Waals surface area contributed by atoms with Crippen LogP contribution in [0, 0.1) is 11.3 Å². The van der Waals surface area contributed by atoms with Crippen LogP contribution in [-0.2, 0) is 28.5 Å². The highest BCUT2D eigenvalue weighted by molar-refractivity contribution is 9.12. The van der Waals surface area contributed by atoms with Gasteiger partial charge >= 0.3 is 11.9 Å². The van der Waals surface area contributed by atoms with E-state index in [1.807, 2.05) is 6.07 Å². The molecule has 0 spiro atoms. The first-order valence-corrected chi connectivity index (χ1v) is 8.27. The second kappa shape index (κ2) is 7.75. The Labute approximate surface area is 151 Å². The molecule has 23 heavy (non-hydrogen) atoms. The fraction of sp³-hybridized carbons (Fsp3) is 0.643. The van der Waals surface area contributed by atoms with Crippen LogP contribution >= 0.6 is 31.9 Å². The summed E-state index contributed by atoms with van der Waals surface area (Å²) in [6, 6.07) is 1.95. The largest absolute Gasteiger partial charge is 0.456 e. The summed E-state index contributed by atoms with van der Waals surface area (Å²) in [5.41, 5.74) is -1.47. The molecule has 128 valence electrons. The average molecular weight is 455 g/mol. The maximum Gasteiger partial charge on any atom is 0.303 e. The van der Waals surface area contributed by atoms with Gasteiger partial charge in [-0.15, -0.1) is 0 Å². The number of nitrogens with zero attached hydrogens (tertiary/aromatic N) is 1. The van der Waals surface area contributed by atoms with E-state index < -0.39 is 34.3 Å². The van der Waals surface area contributed by atoms with E-state index in [0.29, 0.717) is 4.48 Å². The summed E-state index contributed by atoms with van der Waals surface area (Å²) in [6.45, 7) is 2.43. The Morgan fingerprint density at radius 1 is 1.30 bits per heavy atom. The van der Waals surface area contributed by atoms with Crippen LogP contribution in [0.2, 0.25) is 0 Å². The molecule has 0 bridgehead atoms. The minimum absolute atomic E-state index is 0.217. The first kappa shape index (κ1) is 20.1. The number of methoxy groups -OCH3 is 2. The van der Waals surface area contributed by atoms with Crippen molar-refractivity contribution in [2.75, 3.05) is 14.2 Å². The van der Waals surface area contributed by atoms with Crippen LogP contribution in [0.3, 0.4) is 0 Å². The maximum absolute atomic E-state index is 11.5. The number of rotatable bonds is 5. The second-order valence-corrected chi connectivity index (χ2v) is 6.72. The summed E-state index contributed by atoms with van der Waals surface area (Å²) >= 11 is 6.75. The van der Waals surface area contributed by atoms with Crippen molar-refractivity contribution in [2.45, 2.75) is 42.6 Å². The minimum atomic E-state index is -1.47. The third-order valence-corrected chi connectivity index (χ3v) is 5.27. The Bertz CT molecular complexity index is 554. The molecule has 0 aliphatic heterocycles. The number of alkyl halides is 1. The van der Waals surface area contributed by atoms with Gasteiger partial charge in [0.05, 0.1) is 17.0 Å². The monoisotopic (exact) mass is 453 g/mol. The van der Waals surface area contributed by atoms with Gasteiger partial charge in [0.1, 0.15) is 4.83 Å². The van der Waals surface area contributed by atoms with Gasteiger partial charge in [-0.1, -0.05) is 15.9 Å². The van der Waals surface area contributed by atoms with Crippen molar-refractivity contribution in [3.63, 3.8) is 0 Å². The molecule has 0 heterocycles. The maximum atomic E-state index is 11.5.